The Morgan fingerprint density at radius 2 is 1.76 bits per heavy atom. The topological polar surface area (TPSA) is 42.0 Å². The summed E-state index contributed by atoms with van der Waals surface area (Å²) in [6, 6.07) is 5.96. The quantitative estimate of drug-likeness (QED) is 0.286. The fraction of sp³-hybridized carbons (Fsp3) is 0.600. The molecule has 21 heavy (non-hydrogen) atoms. The van der Waals surface area contributed by atoms with E-state index >= 15 is 0 Å². The number of aromatic nitrogens is 1. The second-order valence-electron chi connectivity index (χ2n) is 4.77. The Kier molecular flexibility index (Phi) is 27.8. The van der Waals surface area contributed by atoms with Crippen LogP contribution in [0.4, 0.5) is 0 Å². The number of carbonyl (C=O) groups excluding carboxylic acids is 1. The molecule has 0 spiro atoms. The third-order valence-corrected chi connectivity index (χ3v) is 2.98. The summed E-state index contributed by atoms with van der Waals surface area (Å²) in [4.78, 5) is 11.9. The summed E-state index contributed by atoms with van der Waals surface area (Å²) in [5.74, 6) is 1.70. The standard InChI is InChI=1S/C8H13N2P.C6H14.CHO.ClH.Os.H/c11-6-5-9-7-8-3-1-2-4-10-8;1-5(2)6(3)4;1-2;;;/h1-4,9H,5-7,11H2;5-6H,1-4H3;1H;1H;;/q;;-1;;+1;/p-1. The second-order valence-corrected chi connectivity index (χ2v) is 5.35. The molecule has 1 unspecified atom stereocenters. The molecule has 0 fully saturated rings. The molecule has 6 heteroatoms. The van der Waals surface area contributed by atoms with Crippen molar-refractivity contribution in [3.8, 4) is 0 Å². The minimum absolute atomic E-state index is 0.852. The average Bonchev–Trinajstić information content (AvgIpc) is 2.53. The molecular weight excluding hydrogens is 481 g/mol. The molecule has 3 nitrogen and oxygen atoms in total. The Labute approximate surface area is 147 Å². The van der Waals surface area contributed by atoms with Crippen molar-refractivity contribution in [3.05, 3.63) is 30.1 Å². The van der Waals surface area contributed by atoms with E-state index in [2.05, 4.69) is 54.0 Å². The Hall–Kier alpha value is 0.136. The molecule has 1 aromatic rings. The van der Waals surface area contributed by atoms with Gasteiger partial charge in [-0.2, -0.15) is 0 Å². The van der Waals surface area contributed by atoms with Crippen LogP contribution in [-0.2, 0) is 28.9 Å². The fourth-order valence-electron chi connectivity index (χ4n) is 0.821. The van der Waals surface area contributed by atoms with Gasteiger partial charge < -0.3 is 10.1 Å². The van der Waals surface area contributed by atoms with Crippen LogP contribution in [-0.4, -0.2) is 24.5 Å². The van der Waals surface area contributed by atoms with Crippen LogP contribution in [0.3, 0.4) is 0 Å². The molecule has 1 rings (SSSR count). The summed E-state index contributed by atoms with van der Waals surface area (Å²) in [6.45, 7) is 14.1. The van der Waals surface area contributed by atoms with Gasteiger partial charge in [0.05, 0.1) is 5.69 Å². The van der Waals surface area contributed by atoms with Crippen molar-refractivity contribution in [2.24, 2.45) is 11.8 Å². The van der Waals surface area contributed by atoms with Gasteiger partial charge in [-0.25, -0.2) is 0 Å². The van der Waals surface area contributed by atoms with Gasteiger partial charge in [-0.1, -0.05) is 33.8 Å². The maximum atomic E-state index is 7.75. The van der Waals surface area contributed by atoms with E-state index in [-0.39, 0.29) is 0 Å². The average molecular weight is 510 g/mol. The van der Waals surface area contributed by atoms with E-state index in [1.807, 2.05) is 24.4 Å². The van der Waals surface area contributed by atoms with Gasteiger partial charge in [0.2, 0.25) is 0 Å². The molecular formula is C15H29ClN2OOsP-. The first kappa shape index (κ1) is 26.1. The van der Waals surface area contributed by atoms with Crippen molar-refractivity contribution >= 4 is 25.7 Å². The summed E-state index contributed by atoms with van der Waals surface area (Å²) < 4.78 is 0. The predicted molar refractivity (Wildman–Crippen MR) is 94.2 cm³/mol. The monoisotopic (exact) mass is 511 g/mol. The van der Waals surface area contributed by atoms with Gasteiger partial charge >= 0.3 is 27.2 Å². The van der Waals surface area contributed by atoms with Crippen molar-refractivity contribution in [1.29, 1.82) is 0 Å². The van der Waals surface area contributed by atoms with Crippen LogP contribution in [0.2, 0.25) is 0 Å². The molecule has 1 aromatic heterocycles. The van der Waals surface area contributed by atoms with Gasteiger partial charge in [0.25, 0.3) is 0 Å². The number of nitrogens with one attached hydrogen (secondary N) is 1. The molecule has 0 aliphatic heterocycles. The van der Waals surface area contributed by atoms with Crippen LogP contribution in [0.25, 0.3) is 0 Å². The van der Waals surface area contributed by atoms with Crippen molar-refractivity contribution in [2.45, 2.75) is 34.2 Å². The van der Waals surface area contributed by atoms with Gasteiger partial charge in [0.1, 0.15) is 0 Å². The predicted octanol–water partition coefficient (Wildman–Crippen LogP) is 3.49. The third-order valence-electron chi connectivity index (χ3n) is 2.69. The number of pyridine rings is 1. The molecule has 0 saturated carbocycles. The number of hydrogen-bond donors (Lipinski definition) is 1. The van der Waals surface area contributed by atoms with Gasteiger partial charge in [-0.3, -0.25) is 11.8 Å². The Bertz CT molecular complexity index is 284. The first-order chi connectivity index (χ1) is 10.1. The summed E-state index contributed by atoms with van der Waals surface area (Å²) in [7, 11) is 7.38. The Morgan fingerprint density at radius 1 is 1.24 bits per heavy atom. The van der Waals surface area contributed by atoms with E-state index in [1.54, 1.807) is 0 Å². The van der Waals surface area contributed by atoms with Crippen LogP contribution >= 0.6 is 18.9 Å². The molecule has 1 heterocycles. The van der Waals surface area contributed by atoms with E-state index in [0.717, 1.165) is 36.8 Å². The normalized spacial score (nSPS) is 8.86. The molecule has 1 N–H and O–H groups in total. The van der Waals surface area contributed by atoms with Gasteiger partial charge in [-0.05, 0) is 36.7 Å². The molecule has 0 saturated heterocycles. The SMILES string of the molecule is CC(C)C(C)C.PCCNCc1ccccn1.[CH-]=O.[Cl][OsH]. The Morgan fingerprint density at radius 3 is 2.10 bits per heavy atom. The van der Waals surface area contributed by atoms with Crippen LogP contribution in [0.15, 0.2) is 24.4 Å². The van der Waals surface area contributed by atoms with E-state index < -0.39 is 0 Å². The first-order valence-electron chi connectivity index (χ1n) is 6.76. The number of halogens is 1. The summed E-state index contributed by atoms with van der Waals surface area (Å²) >= 11 is 1.19. The zero-order valence-electron chi connectivity index (χ0n) is 13.4. The van der Waals surface area contributed by atoms with E-state index in [4.69, 9.17) is 14.4 Å². The molecule has 1 atom stereocenters. The van der Waals surface area contributed by atoms with Crippen molar-refractivity contribution in [3.63, 3.8) is 0 Å². The van der Waals surface area contributed by atoms with Crippen LogP contribution in [0.1, 0.15) is 33.4 Å². The molecule has 126 valence electrons. The van der Waals surface area contributed by atoms with Crippen LogP contribution < -0.4 is 5.32 Å². The molecule has 0 amide bonds. The summed E-state index contributed by atoms with van der Waals surface area (Å²) in [5, 5.41) is 3.27. The van der Waals surface area contributed by atoms with Gasteiger partial charge in [0, 0.05) is 12.7 Å². The minimum atomic E-state index is 0.852. The zero-order valence-corrected chi connectivity index (χ0v) is 18.0. The molecule has 0 bridgehead atoms. The molecule has 0 aromatic carbocycles. The van der Waals surface area contributed by atoms with E-state index in [0.29, 0.717) is 0 Å². The van der Waals surface area contributed by atoms with Crippen LogP contribution in [0.5, 0.6) is 0 Å². The first-order valence-corrected chi connectivity index (χ1v) is 10.9. The zero-order chi connectivity index (χ0) is 17.1. The number of rotatable bonds is 5. The third kappa shape index (κ3) is 22.6. The van der Waals surface area contributed by atoms with Crippen molar-refractivity contribution in [2.75, 3.05) is 12.7 Å². The van der Waals surface area contributed by atoms with Crippen molar-refractivity contribution in [1.82, 2.24) is 10.3 Å². The number of nitrogens with zero attached hydrogens (tertiary/aromatic N) is 1. The fourth-order valence-corrected chi connectivity index (χ4v) is 1.03. The van der Waals surface area contributed by atoms with E-state index in [1.165, 1.54) is 17.6 Å². The van der Waals surface area contributed by atoms with Crippen LogP contribution in [0, 0.1) is 11.8 Å². The van der Waals surface area contributed by atoms with Gasteiger partial charge in [-0.15, -0.1) is 9.24 Å². The number of hydrogen-bond acceptors (Lipinski definition) is 3. The van der Waals surface area contributed by atoms with Crippen molar-refractivity contribution < 1.29 is 22.4 Å². The maximum absolute atomic E-state index is 7.75. The molecule has 0 aliphatic carbocycles. The van der Waals surface area contributed by atoms with Gasteiger partial charge in [0.15, 0.2) is 0 Å². The summed E-state index contributed by atoms with van der Waals surface area (Å²) in [6.07, 6.45) is 2.91. The Balaban J connectivity index is -0.000000277. The molecule has 0 radical (unpaired) electrons. The van der Waals surface area contributed by atoms with E-state index in [9.17, 15) is 0 Å². The molecule has 0 aliphatic rings. The second kappa shape index (κ2) is 22.4. The summed E-state index contributed by atoms with van der Waals surface area (Å²) in [5.41, 5.74) is 1.10.